The number of rotatable bonds is 6. The highest BCUT2D eigenvalue weighted by Crippen LogP contribution is 2.26. The second-order valence-electron chi connectivity index (χ2n) is 6.57. The molecule has 1 heterocycles. The van der Waals surface area contributed by atoms with Crippen molar-refractivity contribution in [3.8, 4) is 0 Å². The van der Waals surface area contributed by atoms with Gasteiger partial charge in [0, 0.05) is 25.2 Å². The van der Waals surface area contributed by atoms with Crippen LogP contribution in [0.2, 0.25) is 0 Å². The highest BCUT2D eigenvalue weighted by atomic mass is 19.4. The zero-order valence-electron chi connectivity index (χ0n) is 15.4. The number of amides is 1. The summed E-state index contributed by atoms with van der Waals surface area (Å²) >= 11 is 0. The summed E-state index contributed by atoms with van der Waals surface area (Å²) < 4.78 is 51.4. The number of nitrogens with one attached hydrogen (secondary N) is 1. The fourth-order valence-corrected chi connectivity index (χ4v) is 3.07. The number of carbonyl (C=O) groups is 1. The fourth-order valence-electron chi connectivity index (χ4n) is 3.07. The first-order valence-corrected chi connectivity index (χ1v) is 8.50. The number of allylic oxidation sites excluding steroid dienone is 2. The molecule has 1 aliphatic rings. The molecule has 0 aliphatic carbocycles. The molecular formula is C18H25F4N3O2. The zero-order chi connectivity index (χ0) is 20.9. The summed E-state index contributed by atoms with van der Waals surface area (Å²) in [6.45, 7) is 10.3. The number of hydrogen-bond donors (Lipinski definition) is 2. The Morgan fingerprint density at radius 2 is 1.85 bits per heavy atom. The van der Waals surface area contributed by atoms with Crippen LogP contribution in [0.25, 0.3) is 0 Å². The Labute approximate surface area is 156 Å². The van der Waals surface area contributed by atoms with E-state index in [9.17, 15) is 27.5 Å². The van der Waals surface area contributed by atoms with Gasteiger partial charge in [0.2, 0.25) is 6.10 Å². The van der Waals surface area contributed by atoms with E-state index in [2.05, 4.69) is 13.2 Å². The van der Waals surface area contributed by atoms with E-state index in [1.807, 2.05) is 0 Å². The Morgan fingerprint density at radius 1 is 1.33 bits per heavy atom. The first-order valence-electron chi connectivity index (χ1n) is 8.50. The number of amidine groups is 1. The van der Waals surface area contributed by atoms with E-state index < -0.39 is 29.8 Å². The smallest absolute Gasteiger partial charge is 0.377 e. The summed E-state index contributed by atoms with van der Waals surface area (Å²) in [5.41, 5.74) is -0.221. The second kappa shape index (κ2) is 9.16. The highest BCUT2D eigenvalue weighted by Gasteiger charge is 2.44. The molecule has 0 spiro atoms. The van der Waals surface area contributed by atoms with Gasteiger partial charge < -0.3 is 14.9 Å². The van der Waals surface area contributed by atoms with E-state index in [0.29, 0.717) is 0 Å². The minimum atomic E-state index is -4.90. The van der Waals surface area contributed by atoms with Crippen molar-refractivity contribution in [2.75, 3.05) is 13.1 Å². The van der Waals surface area contributed by atoms with Crippen LogP contribution in [0.15, 0.2) is 36.7 Å². The maximum Gasteiger partial charge on any atom is 0.421 e. The maximum atomic E-state index is 13.6. The normalized spacial score (nSPS) is 17.6. The average molecular weight is 391 g/mol. The molecule has 0 unspecified atom stereocenters. The Morgan fingerprint density at radius 3 is 2.22 bits per heavy atom. The molecule has 0 aromatic carbocycles. The predicted molar refractivity (Wildman–Crippen MR) is 94.9 cm³/mol. The number of aliphatic hydroxyl groups excluding tert-OH is 1. The molecule has 1 rings (SSSR count). The van der Waals surface area contributed by atoms with Crippen LogP contribution in [-0.4, -0.2) is 64.1 Å². The van der Waals surface area contributed by atoms with Gasteiger partial charge in [0.25, 0.3) is 5.91 Å². The van der Waals surface area contributed by atoms with E-state index in [1.165, 1.54) is 17.1 Å². The first kappa shape index (κ1) is 22.9. The van der Waals surface area contributed by atoms with Gasteiger partial charge in [0.1, 0.15) is 11.7 Å². The molecule has 1 fully saturated rings. The Kier molecular flexibility index (Phi) is 7.77. The SMILES string of the molecule is C=C/C=C(\C(=C)F)C(=O)N(C(C)C)C1CCN(C(=N)[C@@H](O)C(F)(F)F)CC1. The zero-order valence-corrected chi connectivity index (χ0v) is 15.4. The van der Waals surface area contributed by atoms with Crippen LogP contribution in [0.4, 0.5) is 17.6 Å². The fraction of sp³-hybridized carbons (Fsp3) is 0.556. The van der Waals surface area contributed by atoms with Crippen molar-refractivity contribution in [2.24, 2.45) is 0 Å². The maximum absolute atomic E-state index is 13.6. The number of carbonyl (C=O) groups excluding carboxylic acids is 1. The first-order chi connectivity index (χ1) is 12.4. The Balaban J connectivity index is 2.90. The Hall–Kier alpha value is -2.16. The number of halogens is 4. The van der Waals surface area contributed by atoms with Crippen molar-refractivity contribution in [1.82, 2.24) is 9.80 Å². The Bertz CT molecular complexity index is 621. The van der Waals surface area contributed by atoms with E-state index in [0.717, 1.165) is 4.90 Å². The summed E-state index contributed by atoms with van der Waals surface area (Å²) in [5, 5.41) is 16.8. The van der Waals surface area contributed by atoms with Gasteiger partial charge in [-0.25, -0.2) is 4.39 Å². The third-order valence-corrected chi connectivity index (χ3v) is 4.37. The molecule has 0 aromatic heterocycles. The van der Waals surface area contributed by atoms with Gasteiger partial charge in [-0.1, -0.05) is 19.2 Å². The van der Waals surface area contributed by atoms with Crippen molar-refractivity contribution < 1.29 is 27.5 Å². The van der Waals surface area contributed by atoms with Gasteiger partial charge in [-0.05, 0) is 32.8 Å². The molecule has 1 aliphatic heterocycles. The minimum Gasteiger partial charge on any atom is -0.377 e. The van der Waals surface area contributed by atoms with E-state index in [-0.39, 0.29) is 43.6 Å². The number of piperidine rings is 1. The molecule has 2 N–H and O–H groups in total. The minimum absolute atomic E-state index is 0.0736. The monoisotopic (exact) mass is 391 g/mol. The third-order valence-electron chi connectivity index (χ3n) is 4.37. The summed E-state index contributed by atoms with van der Waals surface area (Å²) in [7, 11) is 0. The van der Waals surface area contributed by atoms with E-state index in [4.69, 9.17) is 5.41 Å². The topological polar surface area (TPSA) is 67.6 Å². The number of hydrogen-bond acceptors (Lipinski definition) is 3. The second-order valence-corrected chi connectivity index (χ2v) is 6.57. The molecule has 152 valence electrons. The van der Waals surface area contributed by atoms with E-state index >= 15 is 0 Å². The molecule has 0 saturated carbocycles. The quantitative estimate of drug-likeness (QED) is 0.240. The summed E-state index contributed by atoms with van der Waals surface area (Å²) in [4.78, 5) is 15.4. The van der Waals surface area contributed by atoms with Gasteiger partial charge in [-0.15, -0.1) is 0 Å². The van der Waals surface area contributed by atoms with Gasteiger partial charge in [-0.3, -0.25) is 10.2 Å². The molecule has 1 amide bonds. The number of nitrogens with zero attached hydrogens (tertiary/aromatic N) is 2. The lowest BCUT2D eigenvalue weighted by Gasteiger charge is -2.42. The van der Waals surface area contributed by atoms with Crippen molar-refractivity contribution in [1.29, 1.82) is 5.41 Å². The van der Waals surface area contributed by atoms with Gasteiger partial charge in [-0.2, -0.15) is 13.2 Å². The lowest BCUT2D eigenvalue weighted by Crippen LogP contribution is -2.54. The van der Waals surface area contributed by atoms with Gasteiger partial charge >= 0.3 is 6.18 Å². The molecule has 1 saturated heterocycles. The molecule has 27 heavy (non-hydrogen) atoms. The molecule has 5 nitrogen and oxygen atoms in total. The number of alkyl halides is 3. The van der Waals surface area contributed by atoms with Gasteiger partial charge in [0.15, 0.2) is 0 Å². The lowest BCUT2D eigenvalue weighted by atomic mass is 9.99. The lowest BCUT2D eigenvalue weighted by molar-refractivity contribution is -0.183. The standard InChI is InChI=1S/C18H25F4N3O2/c1-5-6-14(12(4)19)17(27)25(11(2)3)13-7-9-24(10-8-13)16(23)15(26)18(20,21)22/h5-6,11,13,15,23,26H,1,4,7-10H2,2-3H3/b14-6+,23-16?/t15-/m1/s1. The van der Waals surface area contributed by atoms with Crippen LogP contribution in [0, 0.1) is 5.41 Å². The van der Waals surface area contributed by atoms with Crippen LogP contribution >= 0.6 is 0 Å². The van der Waals surface area contributed by atoms with Crippen LogP contribution in [-0.2, 0) is 4.79 Å². The van der Waals surface area contributed by atoms with Crippen LogP contribution in [0.3, 0.4) is 0 Å². The van der Waals surface area contributed by atoms with Crippen LogP contribution in [0.5, 0.6) is 0 Å². The summed E-state index contributed by atoms with van der Waals surface area (Å²) in [6.07, 6.45) is -4.66. The van der Waals surface area contributed by atoms with Crippen molar-refractivity contribution >= 4 is 11.7 Å². The average Bonchev–Trinajstić information content (AvgIpc) is 2.57. The van der Waals surface area contributed by atoms with Gasteiger partial charge in [0.05, 0.1) is 5.57 Å². The summed E-state index contributed by atoms with van der Waals surface area (Å²) in [6, 6.07) is -0.612. The molecule has 0 aromatic rings. The molecular weight excluding hydrogens is 366 g/mol. The summed E-state index contributed by atoms with van der Waals surface area (Å²) in [5.74, 6) is -2.37. The number of aliphatic hydroxyl groups is 1. The van der Waals surface area contributed by atoms with Crippen molar-refractivity contribution in [2.45, 2.75) is 51.1 Å². The molecule has 0 bridgehead atoms. The van der Waals surface area contributed by atoms with Crippen molar-refractivity contribution in [3.05, 3.63) is 36.7 Å². The third kappa shape index (κ3) is 5.66. The van der Waals surface area contributed by atoms with E-state index in [1.54, 1.807) is 13.8 Å². The molecule has 9 heteroatoms. The van der Waals surface area contributed by atoms with Crippen LogP contribution in [0.1, 0.15) is 26.7 Å². The highest BCUT2D eigenvalue weighted by molar-refractivity contribution is 5.97. The molecule has 1 atom stereocenters. The molecule has 0 radical (unpaired) electrons. The van der Waals surface area contributed by atoms with Crippen LogP contribution < -0.4 is 0 Å². The number of likely N-dealkylation sites (tertiary alicyclic amines) is 1. The van der Waals surface area contributed by atoms with Crippen molar-refractivity contribution in [3.63, 3.8) is 0 Å². The predicted octanol–water partition coefficient (Wildman–Crippen LogP) is 3.18. The largest absolute Gasteiger partial charge is 0.421 e.